The molecule has 3 heteroatoms. The Labute approximate surface area is 175 Å². The minimum atomic E-state index is -0.597. The number of rotatable bonds is 4. The minimum absolute atomic E-state index is 0.597. The van der Waals surface area contributed by atoms with E-state index in [4.69, 9.17) is 12.2 Å². The van der Waals surface area contributed by atoms with Crippen molar-refractivity contribution in [3.63, 3.8) is 0 Å². The van der Waals surface area contributed by atoms with Gasteiger partial charge in [0.25, 0.3) is 0 Å². The van der Waals surface area contributed by atoms with E-state index in [0.29, 0.717) is 4.77 Å². The normalized spacial score (nSPS) is 11.6. The number of aromatic nitrogens is 2. The molecule has 2 nitrogen and oxygen atoms in total. The minimum Gasteiger partial charge on any atom is -0.331 e. The van der Waals surface area contributed by atoms with Gasteiger partial charge in [-0.25, -0.2) is 0 Å². The first-order chi connectivity index (χ1) is 14.3. The molecule has 0 spiro atoms. The predicted octanol–water partition coefficient (Wildman–Crippen LogP) is 6.54. The monoisotopic (exact) mass is 392 g/mol. The van der Waals surface area contributed by atoms with Gasteiger partial charge in [0.1, 0.15) is 5.54 Å². The molecule has 0 amide bonds. The zero-order chi connectivity index (χ0) is 19.7. The second-order valence-electron chi connectivity index (χ2n) is 7.09. The number of aromatic amines is 1. The summed E-state index contributed by atoms with van der Waals surface area (Å²) in [6, 6.07) is 40.1. The Morgan fingerprint density at radius 2 is 0.966 bits per heavy atom. The Morgan fingerprint density at radius 3 is 1.45 bits per heavy atom. The Balaban J connectivity index is 2.02. The van der Waals surface area contributed by atoms with Crippen LogP contribution in [0.1, 0.15) is 16.7 Å². The summed E-state index contributed by atoms with van der Waals surface area (Å²) in [7, 11) is 0. The number of hydrogen-bond donors (Lipinski definition) is 1. The average Bonchev–Trinajstić information content (AvgIpc) is 3.13. The molecule has 1 N–H and O–H groups in total. The molecule has 1 aromatic heterocycles. The van der Waals surface area contributed by atoms with Crippen LogP contribution < -0.4 is 0 Å². The molecule has 5 rings (SSSR count). The van der Waals surface area contributed by atoms with E-state index in [1.807, 2.05) is 6.07 Å². The largest absolute Gasteiger partial charge is 0.331 e. The lowest BCUT2D eigenvalue weighted by Gasteiger charge is -2.38. The van der Waals surface area contributed by atoms with E-state index in [0.717, 1.165) is 11.0 Å². The summed E-state index contributed by atoms with van der Waals surface area (Å²) < 4.78 is 2.96. The first kappa shape index (κ1) is 17.7. The van der Waals surface area contributed by atoms with Crippen LogP contribution in [0.2, 0.25) is 0 Å². The van der Waals surface area contributed by atoms with Crippen LogP contribution in [-0.2, 0) is 5.54 Å². The van der Waals surface area contributed by atoms with Crippen LogP contribution in [0, 0.1) is 4.77 Å². The third-order valence-corrected chi connectivity index (χ3v) is 5.78. The zero-order valence-electron chi connectivity index (χ0n) is 15.8. The highest BCUT2D eigenvalue weighted by Crippen LogP contribution is 2.42. The molecule has 0 radical (unpaired) electrons. The van der Waals surface area contributed by atoms with E-state index in [1.165, 1.54) is 16.7 Å². The molecule has 0 saturated heterocycles. The summed E-state index contributed by atoms with van der Waals surface area (Å²) in [5, 5.41) is 0. The first-order valence-corrected chi connectivity index (χ1v) is 10.1. The molecule has 0 aliphatic rings. The van der Waals surface area contributed by atoms with Crippen molar-refractivity contribution >= 4 is 23.3 Å². The number of H-pyrrole nitrogens is 1. The van der Waals surface area contributed by atoms with E-state index in [2.05, 4.69) is 119 Å². The van der Waals surface area contributed by atoms with Crippen LogP contribution in [0.15, 0.2) is 115 Å². The van der Waals surface area contributed by atoms with Crippen LogP contribution in [0.5, 0.6) is 0 Å². The third-order valence-electron chi connectivity index (χ3n) is 5.50. The van der Waals surface area contributed by atoms with Crippen LogP contribution in [0.3, 0.4) is 0 Å². The zero-order valence-corrected chi connectivity index (χ0v) is 16.6. The Hall–Kier alpha value is -3.43. The molecule has 0 bridgehead atoms. The molecule has 29 heavy (non-hydrogen) atoms. The third kappa shape index (κ3) is 2.74. The molecule has 0 aliphatic carbocycles. The fourth-order valence-corrected chi connectivity index (χ4v) is 4.66. The highest BCUT2D eigenvalue weighted by molar-refractivity contribution is 7.71. The van der Waals surface area contributed by atoms with Crippen LogP contribution in [0.4, 0.5) is 0 Å². The Morgan fingerprint density at radius 1 is 0.552 bits per heavy atom. The summed E-state index contributed by atoms with van der Waals surface area (Å²) in [5.74, 6) is 0. The molecule has 140 valence electrons. The topological polar surface area (TPSA) is 20.7 Å². The van der Waals surface area contributed by atoms with Gasteiger partial charge >= 0.3 is 0 Å². The van der Waals surface area contributed by atoms with Gasteiger partial charge in [-0.2, -0.15) is 0 Å². The highest BCUT2D eigenvalue weighted by atomic mass is 32.1. The van der Waals surface area contributed by atoms with Gasteiger partial charge in [0, 0.05) is 0 Å². The van der Waals surface area contributed by atoms with Gasteiger partial charge in [0.2, 0.25) is 0 Å². The van der Waals surface area contributed by atoms with Gasteiger partial charge in [0.05, 0.1) is 11.0 Å². The smallest absolute Gasteiger partial charge is 0.179 e. The number of imidazole rings is 1. The van der Waals surface area contributed by atoms with Crippen molar-refractivity contribution in [3.05, 3.63) is 137 Å². The van der Waals surface area contributed by atoms with Crippen molar-refractivity contribution in [2.75, 3.05) is 0 Å². The van der Waals surface area contributed by atoms with Gasteiger partial charge in [-0.15, -0.1) is 0 Å². The van der Waals surface area contributed by atoms with Crippen LogP contribution in [0.25, 0.3) is 11.0 Å². The summed E-state index contributed by atoms with van der Waals surface area (Å²) >= 11 is 5.91. The number of benzene rings is 4. The molecular weight excluding hydrogens is 372 g/mol. The van der Waals surface area contributed by atoms with Crippen molar-refractivity contribution < 1.29 is 0 Å². The van der Waals surface area contributed by atoms with E-state index in [1.54, 1.807) is 0 Å². The number of fused-ring (bicyclic) bond motifs is 1. The lowest BCUT2D eigenvalue weighted by molar-refractivity contribution is 0.523. The predicted molar refractivity (Wildman–Crippen MR) is 122 cm³/mol. The Bertz CT molecular complexity index is 1210. The van der Waals surface area contributed by atoms with Crippen molar-refractivity contribution in [2.45, 2.75) is 5.54 Å². The SMILES string of the molecule is S=c1[nH]c2ccccc2n1C(c1ccccc1)(c1ccccc1)c1ccccc1. The second kappa shape index (κ2) is 7.19. The van der Waals surface area contributed by atoms with E-state index in [-0.39, 0.29) is 0 Å². The maximum Gasteiger partial charge on any atom is 0.179 e. The molecule has 0 saturated carbocycles. The van der Waals surface area contributed by atoms with Crippen LogP contribution in [-0.4, -0.2) is 9.55 Å². The van der Waals surface area contributed by atoms with E-state index >= 15 is 0 Å². The summed E-state index contributed by atoms with van der Waals surface area (Å²) in [6.07, 6.45) is 0. The average molecular weight is 393 g/mol. The number of nitrogens with zero attached hydrogens (tertiary/aromatic N) is 1. The van der Waals surface area contributed by atoms with Crippen molar-refractivity contribution in [3.8, 4) is 0 Å². The van der Waals surface area contributed by atoms with Gasteiger partial charge in [-0.05, 0) is 41.0 Å². The lowest BCUT2D eigenvalue weighted by Crippen LogP contribution is -2.37. The van der Waals surface area contributed by atoms with Gasteiger partial charge in [-0.3, -0.25) is 4.57 Å². The Kier molecular flexibility index (Phi) is 4.38. The fourth-order valence-electron chi connectivity index (χ4n) is 4.31. The molecular formula is C26H20N2S. The second-order valence-corrected chi connectivity index (χ2v) is 7.48. The standard InChI is InChI=1S/C26H20N2S/c29-25-27-23-18-10-11-19-24(23)28(25)26(20-12-4-1-5-13-20,21-14-6-2-7-15-21)22-16-8-3-9-17-22/h1-19H,(H,27,29). The molecule has 0 atom stereocenters. The van der Waals surface area contributed by atoms with Gasteiger partial charge in [0.15, 0.2) is 4.77 Å². The van der Waals surface area contributed by atoms with E-state index < -0.39 is 5.54 Å². The summed E-state index contributed by atoms with van der Waals surface area (Å²) in [5.41, 5.74) is 5.01. The maximum absolute atomic E-state index is 5.91. The maximum atomic E-state index is 5.91. The number of nitrogens with one attached hydrogen (secondary N) is 1. The van der Waals surface area contributed by atoms with Gasteiger partial charge in [-0.1, -0.05) is 103 Å². The quantitative estimate of drug-likeness (QED) is 0.272. The summed E-state index contributed by atoms with van der Waals surface area (Å²) in [4.78, 5) is 3.42. The number of para-hydroxylation sites is 2. The molecule has 5 aromatic rings. The molecule has 0 unspecified atom stereocenters. The fraction of sp³-hybridized carbons (Fsp3) is 0.0385. The first-order valence-electron chi connectivity index (χ1n) is 9.68. The van der Waals surface area contributed by atoms with Crippen molar-refractivity contribution in [1.82, 2.24) is 9.55 Å². The lowest BCUT2D eigenvalue weighted by atomic mass is 9.76. The summed E-state index contributed by atoms with van der Waals surface area (Å²) in [6.45, 7) is 0. The van der Waals surface area contributed by atoms with Crippen LogP contribution >= 0.6 is 12.2 Å². The van der Waals surface area contributed by atoms with Crippen molar-refractivity contribution in [2.24, 2.45) is 0 Å². The molecule has 1 heterocycles. The number of hydrogen-bond acceptors (Lipinski definition) is 1. The molecule has 0 fully saturated rings. The molecule has 4 aromatic carbocycles. The van der Waals surface area contributed by atoms with E-state index in [9.17, 15) is 0 Å². The van der Waals surface area contributed by atoms with Gasteiger partial charge < -0.3 is 4.98 Å². The highest BCUT2D eigenvalue weighted by Gasteiger charge is 2.39. The molecule has 0 aliphatic heterocycles. The van der Waals surface area contributed by atoms with Crippen molar-refractivity contribution in [1.29, 1.82) is 0 Å².